The Morgan fingerprint density at radius 3 is 1.10 bits per heavy atom. The highest BCUT2D eigenvalue weighted by molar-refractivity contribution is 5.98. The van der Waals surface area contributed by atoms with Gasteiger partial charge in [-0.1, -0.05) is 81.4 Å². The Morgan fingerprint density at radius 2 is 0.760 bits per heavy atom. The third-order valence-electron chi connectivity index (χ3n) is 8.52. The fourth-order valence-corrected chi connectivity index (χ4v) is 5.83. The van der Waals surface area contributed by atoms with Crippen molar-refractivity contribution in [1.29, 1.82) is 0 Å². The molecule has 280 valence electrons. The Bertz CT molecular complexity index is 1310. The van der Waals surface area contributed by atoms with Gasteiger partial charge in [0.25, 0.3) is 0 Å². The van der Waals surface area contributed by atoms with Crippen LogP contribution in [0.25, 0.3) is 0 Å². The van der Waals surface area contributed by atoms with Crippen LogP contribution in [-0.4, -0.2) is 76.8 Å². The standard InChI is InChI=1S/C37H60N6O7/c1-19(2)15-26-32(45)39-28(17-21(5)6)34(47)42-31(23(9)10)37(50)41-29(18-24-11-13-25(44)14-12-24)35(48)43-30(22(7)8)36(49)40-27(16-20(3)4)33(46)38-26/h11-14,19-23,26-31,44H,15-18H2,1-10H3,(H,38,46)(H,39,45)(H,40,49)(H,41,50)(H,42,47)(H,43,48). The second-order valence-corrected chi connectivity index (χ2v) is 15.5. The number of rotatable bonds is 10. The van der Waals surface area contributed by atoms with Crippen LogP contribution in [0.1, 0.15) is 94.1 Å². The number of nitrogens with one attached hydrogen (secondary N) is 6. The molecule has 1 aliphatic rings. The van der Waals surface area contributed by atoms with E-state index < -0.39 is 83.5 Å². The predicted molar refractivity (Wildman–Crippen MR) is 191 cm³/mol. The average molecular weight is 701 g/mol. The van der Waals surface area contributed by atoms with E-state index in [-0.39, 0.29) is 49.2 Å². The minimum atomic E-state index is -1.17. The van der Waals surface area contributed by atoms with Crippen molar-refractivity contribution in [3.63, 3.8) is 0 Å². The number of phenols is 1. The van der Waals surface area contributed by atoms with E-state index in [9.17, 15) is 33.9 Å². The first-order chi connectivity index (χ1) is 23.3. The molecule has 6 amide bonds. The first kappa shape index (κ1) is 42.0. The summed E-state index contributed by atoms with van der Waals surface area (Å²) in [5, 5.41) is 26.6. The van der Waals surface area contributed by atoms with Crippen LogP contribution < -0.4 is 31.9 Å². The van der Waals surface area contributed by atoms with E-state index in [0.29, 0.717) is 5.56 Å². The molecule has 0 aliphatic carbocycles. The molecule has 13 heteroatoms. The fraction of sp³-hybridized carbons (Fsp3) is 0.676. The summed E-state index contributed by atoms with van der Waals surface area (Å²) in [7, 11) is 0. The molecule has 7 N–H and O–H groups in total. The van der Waals surface area contributed by atoms with E-state index >= 15 is 0 Å². The van der Waals surface area contributed by atoms with E-state index in [0.717, 1.165) is 0 Å². The maximum atomic E-state index is 13.9. The molecular weight excluding hydrogens is 640 g/mol. The maximum Gasteiger partial charge on any atom is 0.243 e. The van der Waals surface area contributed by atoms with E-state index in [1.807, 2.05) is 41.5 Å². The number of hydrogen-bond donors (Lipinski definition) is 7. The second-order valence-electron chi connectivity index (χ2n) is 15.5. The van der Waals surface area contributed by atoms with Crippen molar-refractivity contribution >= 4 is 35.4 Å². The van der Waals surface area contributed by atoms with Gasteiger partial charge in [0, 0.05) is 6.42 Å². The summed E-state index contributed by atoms with van der Waals surface area (Å²) >= 11 is 0. The molecule has 1 saturated heterocycles. The SMILES string of the molecule is CC(C)CC1NC(=O)C(CC(C)C)NC(=O)C(C(C)C)NC(=O)C(Cc2ccc(O)cc2)NC(=O)C(C(C)C)NC(=O)C(CC(C)C)NC1=O. The molecule has 6 atom stereocenters. The summed E-state index contributed by atoms with van der Waals surface area (Å²) in [4.78, 5) is 83.0. The number of carbonyl (C=O) groups is 6. The van der Waals surface area contributed by atoms with Gasteiger partial charge in [-0.05, 0) is 66.5 Å². The highest BCUT2D eigenvalue weighted by atomic mass is 16.3. The topological polar surface area (TPSA) is 195 Å². The third-order valence-corrected chi connectivity index (χ3v) is 8.52. The van der Waals surface area contributed by atoms with Crippen LogP contribution in [0.2, 0.25) is 0 Å². The molecule has 0 radical (unpaired) electrons. The van der Waals surface area contributed by atoms with Crippen LogP contribution in [0, 0.1) is 29.6 Å². The van der Waals surface area contributed by atoms with Crippen molar-refractivity contribution in [2.45, 2.75) is 131 Å². The van der Waals surface area contributed by atoms with Gasteiger partial charge < -0.3 is 37.0 Å². The van der Waals surface area contributed by atoms with Crippen LogP contribution in [0.4, 0.5) is 0 Å². The van der Waals surface area contributed by atoms with E-state index in [1.54, 1.807) is 39.8 Å². The number of benzene rings is 1. The maximum absolute atomic E-state index is 13.9. The van der Waals surface area contributed by atoms with E-state index in [4.69, 9.17) is 0 Å². The van der Waals surface area contributed by atoms with Crippen molar-refractivity contribution in [1.82, 2.24) is 31.9 Å². The van der Waals surface area contributed by atoms with Gasteiger partial charge in [-0.2, -0.15) is 0 Å². The monoisotopic (exact) mass is 700 g/mol. The van der Waals surface area contributed by atoms with Crippen molar-refractivity contribution < 1.29 is 33.9 Å². The van der Waals surface area contributed by atoms with Crippen LogP contribution in [0.5, 0.6) is 5.75 Å². The van der Waals surface area contributed by atoms with Gasteiger partial charge in [-0.15, -0.1) is 0 Å². The molecule has 0 bridgehead atoms. The molecule has 1 aliphatic heterocycles. The zero-order valence-corrected chi connectivity index (χ0v) is 31.4. The lowest BCUT2D eigenvalue weighted by Crippen LogP contribution is -2.63. The summed E-state index contributed by atoms with van der Waals surface area (Å²) in [6.07, 6.45) is 0.826. The fourth-order valence-electron chi connectivity index (χ4n) is 5.83. The minimum Gasteiger partial charge on any atom is -0.508 e. The highest BCUT2D eigenvalue weighted by Crippen LogP contribution is 2.16. The lowest BCUT2D eigenvalue weighted by Gasteiger charge is -2.31. The number of phenolic OH excluding ortho intramolecular Hbond substituents is 1. The van der Waals surface area contributed by atoms with Gasteiger partial charge in [0.2, 0.25) is 35.4 Å². The molecule has 6 unspecified atom stereocenters. The average Bonchev–Trinajstić information content (AvgIpc) is 3.00. The van der Waals surface area contributed by atoms with Crippen molar-refractivity contribution in [2.24, 2.45) is 29.6 Å². The molecule has 1 heterocycles. The Balaban J connectivity index is 2.67. The van der Waals surface area contributed by atoms with Gasteiger partial charge >= 0.3 is 0 Å². The van der Waals surface area contributed by atoms with Gasteiger partial charge in [-0.3, -0.25) is 28.8 Å². The molecule has 13 nitrogen and oxygen atoms in total. The molecule has 1 aromatic carbocycles. The normalized spacial score (nSPS) is 25.1. The highest BCUT2D eigenvalue weighted by Gasteiger charge is 2.36. The molecule has 0 spiro atoms. The summed E-state index contributed by atoms with van der Waals surface area (Å²) < 4.78 is 0. The summed E-state index contributed by atoms with van der Waals surface area (Å²) in [5.41, 5.74) is 0.630. The van der Waals surface area contributed by atoms with Crippen LogP contribution in [0.15, 0.2) is 24.3 Å². The van der Waals surface area contributed by atoms with Crippen LogP contribution in [-0.2, 0) is 35.2 Å². The minimum absolute atomic E-state index is 0.00324. The van der Waals surface area contributed by atoms with Crippen molar-refractivity contribution in [3.8, 4) is 5.75 Å². The van der Waals surface area contributed by atoms with E-state index in [2.05, 4.69) is 31.9 Å². The Kier molecular flexibility index (Phi) is 16.2. The van der Waals surface area contributed by atoms with E-state index in [1.165, 1.54) is 12.1 Å². The quantitative estimate of drug-likeness (QED) is 0.195. The van der Waals surface area contributed by atoms with Crippen LogP contribution >= 0.6 is 0 Å². The Morgan fingerprint density at radius 1 is 0.460 bits per heavy atom. The molecule has 1 fully saturated rings. The van der Waals surface area contributed by atoms with Gasteiger partial charge in [0.1, 0.15) is 42.0 Å². The number of hydrogen-bond acceptors (Lipinski definition) is 7. The summed E-state index contributed by atoms with van der Waals surface area (Å²) in [5.74, 6) is -4.29. The third kappa shape index (κ3) is 13.3. The smallest absolute Gasteiger partial charge is 0.243 e. The van der Waals surface area contributed by atoms with Crippen LogP contribution in [0.3, 0.4) is 0 Å². The first-order valence-electron chi connectivity index (χ1n) is 17.9. The zero-order chi connectivity index (χ0) is 37.9. The first-order valence-corrected chi connectivity index (χ1v) is 17.9. The lowest BCUT2D eigenvalue weighted by atomic mass is 9.96. The zero-order valence-electron chi connectivity index (χ0n) is 31.4. The second kappa shape index (κ2) is 19.3. The Hall–Kier alpha value is -4.16. The van der Waals surface area contributed by atoms with Gasteiger partial charge in [0.15, 0.2) is 0 Å². The van der Waals surface area contributed by atoms with Crippen molar-refractivity contribution in [2.75, 3.05) is 0 Å². The number of carbonyl (C=O) groups excluding carboxylic acids is 6. The largest absolute Gasteiger partial charge is 0.508 e. The molecule has 50 heavy (non-hydrogen) atoms. The molecule has 0 saturated carbocycles. The number of aromatic hydroxyl groups is 1. The Labute approximate surface area is 297 Å². The number of amides is 6. The molecular formula is C37H60N6O7. The summed E-state index contributed by atoms with van der Waals surface area (Å²) in [6.45, 7) is 18.4. The lowest BCUT2D eigenvalue weighted by molar-refractivity contribution is -0.137. The molecule has 0 aromatic heterocycles. The van der Waals surface area contributed by atoms with Crippen molar-refractivity contribution in [3.05, 3.63) is 29.8 Å². The molecule has 1 aromatic rings. The van der Waals surface area contributed by atoms with Gasteiger partial charge in [0.05, 0.1) is 0 Å². The van der Waals surface area contributed by atoms with Gasteiger partial charge in [-0.25, -0.2) is 0 Å². The molecule has 2 rings (SSSR count). The predicted octanol–water partition coefficient (Wildman–Crippen LogP) is 2.31. The summed E-state index contributed by atoms with van der Waals surface area (Å²) in [6, 6.07) is -0.182.